The normalized spacial score (nSPS) is 12.4. The molecule has 36 heavy (non-hydrogen) atoms. The van der Waals surface area contributed by atoms with E-state index in [-0.39, 0.29) is 0 Å². The highest BCUT2D eigenvalue weighted by Gasteiger charge is 2.43. The van der Waals surface area contributed by atoms with E-state index < -0.39 is 8.80 Å². The van der Waals surface area contributed by atoms with Gasteiger partial charge in [-0.2, -0.15) is 0 Å². The molecule has 0 aliphatic rings. The fourth-order valence-electron chi connectivity index (χ4n) is 5.33. The Bertz CT molecular complexity index is 1720. The first kappa shape index (κ1) is 23.1. The van der Waals surface area contributed by atoms with Crippen LogP contribution in [-0.2, 0) is 13.3 Å². The molecule has 6 rings (SSSR count). The predicted molar refractivity (Wildman–Crippen MR) is 154 cm³/mol. The van der Waals surface area contributed by atoms with Gasteiger partial charge in [-0.15, -0.1) is 0 Å². The Labute approximate surface area is 212 Å². The van der Waals surface area contributed by atoms with Gasteiger partial charge in [0, 0.05) is 25.0 Å². The maximum Gasteiger partial charge on any atom is 0.537 e. The summed E-state index contributed by atoms with van der Waals surface area (Å²) in [4.78, 5) is 0. The summed E-state index contributed by atoms with van der Waals surface area (Å²) >= 11 is 0. The topological polar surface area (TPSA) is 27.7 Å². The summed E-state index contributed by atoms with van der Waals surface area (Å²) < 4.78 is 18.5. The van der Waals surface area contributed by atoms with Gasteiger partial charge in [-0.1, -0.05) is 36.4 Å². The lowest BCUT2D eigenvalue weighted by molar-refractivity contribution is 0.0859. The van der Waals surface area contributed by atoms with Gasteiger partial charge in [-0.25, -0.2) is 0 Å². The van der Waals surface area contributed by atoms with E-state index in [2.05, 4.69) is 91.0 Å². The van der Waals surface area contributed by atoms with Crippen LogP contribution in [0.25, 0.3) is 53.9 Å². The van der Waals surface area contributed by atoms with Crippen molar-refractivity contribution in [2.75, 3.05) is 19.8 Å². The number of fused-ring (bicyclic) bond motifs is 5. The molecule has 0 aromatic heterocycles. The molecular weight excluding hydrogens is 460 g/mol. The van der Waals surface area contributed by atoms with Crippen molar-refractivity contribution in [2.24, 2.45) is 0 Å². The molecule has 6 aromatic carbocycles. The Morgan fingerprint density at radius 3 is 1.14 bits per heavy atom. The van der Waals surface area contributed by atoms with Gasteiger partial charge in [0.05, 0.1) is 0 Å². The molecule has 0 heterocycles. The van der Waals surface area contributed by atoms with E-state index in [9.17, 15) is 0 Å². The molecule has 0 N–H and O–H groups in total. The van der Waals surface area contributed by atoms with Crippen molar-refractivity contribution in [1.29, 1.82) is 0 Å². The molecule has 0 saturated carbocycles. The zero-order valence-electron chi connectivity index (χ0n) is 21.0. The summed E-state index contributed by atoms with van der Waals surface area (Å²) in [5.74, 6) is 0. The predicted octanol–water partition coefficient (Wildman–Crippen LogP) is 7.71. The summed E-state index contributed by atoms with van der Waals surface area (Å²) in [6, 6.07) is 33.4. The first-order valence-corrected chi connectivity index (χ1v) is 14.5. The first-order chi connectivity index (χ1) is 17.6. The summed E-state index contributed by atoms with van der Waals surface area (Å²) in [5, 5.41) is 13.4. The van der Waals surface area contributed by atoms with Crippen molar-refractivity contribution >= 4 is 67.9 Å². The largest absolute Gasteiger partial charge is 0.537 e. The molecule has 0 aliphatic heterocycles. The number of rotatable bonds is 7. The van der Waals surface area contributed by atoms with Crippen molar-refractivity contribution < 1.29 is 13.3 Å². The summed E-state index contributed by atoms with van der Waals surface area (Å²) in [6.45, 7) is 7.63. The van der Waals surface area contributed by atoms with E-state index >= 15 is 0 Å². The standard InChI is InChI=1S/C32H30O3Si/c1-4-33-36(34-5-2,35-6-3)32-12-11-24-15-27-18-28-16-25-13-22-9-7-8-10-23(22)14-26(25)17-29(28)19-30(27)20-31(24)21-32/h7-21H,4-6H2,1-3H3. The summed E-state index contributed by atoms with van der Waals surface area (Å²) in [7, 11) is -2.95. The third kappa shape index (κ3) is 3.96. The second-order valence-electron chi connectivity index (χ2n) is 9.21. The van der Waals surface area contributed by atoms with Crippen LogP contribution < -0.4 is 5.19 Å². The van der Waals surface area contributed by atoms with Crippen LogP contribution in [0.3, 0.4) is 0 Å². The molecule has 0 radical (unpaired) electrons. The van der Waals surface area contributed by atoms with E-state index in [1.54, 1.807) is 0 Å². The number of hydrogen-bond acceptors (Lipinski definition) is 3. The van der Waals surface area contributed by atoms with Crippen LogP contribution in [-0.4, -0.2) is 28.6 Å². The van der Waals surface area contributed by atoms with Crippen LogP contribution in [0.5, 0.6) is 0 Å². The molecule has 6 aromatic rings. The smallest absolute Gasteiger partial charge is 0.370 e. The first-order valence-electron chi connectivity index (χ1n) is 12.8. The Kier molecular flexibility index (Phi) is 5.98. The number of benzene rings is 6. The van der Waals surface area contributed by atoms with Crippen molar-refractivity contribution in [3.05, 3.63) is 91.0 Å². The fourth-order valence-corrected chi connectivity index (χ4v) is 7.84. The van der Waals surface area contributed by atoms with Gasteiger partial charge in [0.1, 0.15) is 0 Å². The van der Waals surface area contributed by atoms with E-state index in [0.717, 1.165) is 5.19 Å². The minimum atomic E-state index is -2.95. The quantitative estimate of drug-likeness (QED) is 0.169. The minimum absolute atomic E-state index is 0.553. The van der Waals surface area contributed by atoms with E-state index in [1.807, 2.05) is 20.8 Å². The average molecular weight is 491 g/mol. The van der Waals surface area contributed by atoms with Crippen LogP contribution in [0.2, 0.25) is 0 Å². The zero-order chi connectivity index (χ0) is 24.7. The molecule has 0 bridgehead atoms. The van der Waals surface area contributed by atoms with Gasteiger partial charge < -0.3 is 13.3 Å². The van der Waals surface area contributed by atoms with Crippen molar-refractivity contribution in [1.82, 2.24) is 0 Å². The lowest BCUT2D eigenvalue weighted by Gasteiger charge is -2.28. The van der Waals surface area contributed by atoms with Gasteiger partial charge in [-0.05, 0) is 129 Å². The van der Waals surface area contributed by atoms with Crippen molar-refractivity contribution in [3.8, 4) is 0 Å². The third-order valence-corrected chi connectivity index (χ3v) is 9.95. The van der Waals surface area contributed by atoms with Gasteiger partial charge in [-0.3, -0.25) is 0 Å². The zero-order valence-corrected chi connectivity index (χ0v) is 22.0. The highest BCUT2D eigenvalue weighted by atomic mass is 28.4. The highest BCUT2D eigenvalue weighted by Crippen LogP contribution is 2.32. The van der Waals surface area contributed by atoms with Crippen LogP contribution in [0.15, 0.2) is 91.0 Å². The van der Waals surface area contributed by atoms with Crippen molar-refractivity contribution in [3.63, 3.8) is 0 Å². The molecule has 0 spiro atoms. The molecule has 0 unspecified atom stereocenters. The monoisotopic (exact) mass is 490 g/mol. The molecular formula is C32H30O3Si. The number of hydrogen-bond donors (Lipinski definition) is 0. The second-order valence-corrected chi connectivity index (χ2v) is 11.8. The van der Waals surface area contributed by atoms with Crippen LogP contribution in [0.1, 0.15) is 20.8 Å². The van der Waals surface area contributed by atoms with E-state index in [4.69, 9.17) is 13.3 Å². The molecule has 180 valence electrons. The third-order valence-electron chi connectivity index (χ3n) is 6.93. The molecule has 0 amide bonds. The minimum Gasteiger partial charge on any atom is -0.370 e. The lowest BCUT2D eigenvalue weighted by Crippen LogP contribution is -2.56. The Balaban J connectivity index is 1.52. The maximum absolute atomic E-state index is 6.16. The summed E-state index contributed by atoms with van der Waals surface area (Å²) in [5.41, 5.74) is 0. The summed E-state index contributed by atoms with van der Waals surface area (Å²) in [6.07, 6.45) is 0. The van der Waals surface area contributed by atoms with Crippen LogP contribution in [0.4, 0.5) is 0 Å². The Hall–Kier alpha value is -3.28. The average Bonchev–Trinajstić information content (AvgIpc) is 2.88. The molecule has 3 nitrogen and oxygen atoms in total. The van der Waals surface area contributed by atoms with Gasteiger partial charge in [0.15, 0.2) is 0 Å². The van der Waals surface area contributed by atoms with E-state index in [0.29, 0.717) is 19.8 Å². The van der Waals surface area contributed by atoms with Gasteiger partial charge in [0.25, 0.3) is 0 Å². The van der Waals surface area contributed by atoms with Gasteiger partial charge in [0.2, 0.25) is 0 Å². The molecule has 0 fully saturated rings. The SMILES string of the molecule is CCO[Si](OCC)(OCC)c1ccc2cc3cc4cc5cc6ccccc6cc5cc4cc3cc2c1. The second kappa shape index (κ2) is 9.30. The highest BCUT2D eigenvalue weighted by molar-refractivity contribution is 6.75. The van der Waals surface area contributed by atoms with E-state index in [1.165, 1.54) is 53.9 Å². The molecule has 0 saturated heterocycles. The lowest BCUT2D eigenvalue weighted by atomic mass is 9.96. The van der Waals surface area contributed by atoms with Crippen molar-refractivity contribution in [2.45, 2.75) is 20.8 Å². The fraction of sp³-hybridized carbons (Fsp3) is 0.188. The molecule has 0 atom stereocenters. The van der Waals surface area contributed by atoms with Crippen LogP contribution in [0, 0.1) is 0 Å². The Morgan fingerprint density at radius 1 is 0.417 bits per heavy atom. The molecule has 4 heteroatoms. The molecule has 0 aliphatic carbocycles. The maximum atomic E-state index is 6.16. The van der Waals surface area contributed by atoms with Gasteiger partial charge >= 0.3 is 8.80 Å². The Morgan fingerprint density at radius 2 is 0.750 bits per heavy atom. The van der Waals surface area contributed by atoms with Crippen LogP contribution >= 0.6 is 0 Å².